The minimum absolute atomic E-state index is 0.0736. The van der Waals surface area contributed by atoms with Gasteiger partial charge in [-0.1, -0.05) is 30.0 Å². The Kier molecular flexibility index (Phi) is 5.82. The van der Waals surface area contributed by atoms with E-state index in [9.17, 15) is 9.59 Å². The highest BCUT2D eigenvalue weighted by Gasteiger charge is 2.18. The first-order valence-corrected chi connectivity index (χ1v) is 10.2. The number of aryl methyl sites for hydroxylation is 2. The Bertz CT molecular complexity index is 1080. The lowest BCUT2D eigenvalue weighted by Crippen LogP contribution is -2.23. The summed E-state index contributed by atoms with van der Waals surface area (Å²) < 4.78 is 6.84. The molecule has 7 heteroatoms. The van der Waals surface area contributed by atoms with E-state index in [1.165, 1.54) is 30.2 Å². The third-order valence-corrected chi connectivity index (χ3v) is 6.38. The molecule has 0 saturated heterocycles. The second kappa shape index (κ2) is 8.10. The van der Waals surface area contributed by atoms with Gasteiger partial charge in [-0.2, -0.15) is 0 Å². The fraction of sp³-hybridized carbons (Fsp3) is 0.250. The van der Waals surface area contributed by atoms with Crippen molar-refractivity contribution in [3.63, 3.8) is 0 Å². The van der Waals surface area contributed by atoms with Gasteiger partial charge in [-0.05, 0) is 31.5 Å². The van der Waals surface area contributed by atoms with Crippen LogP contribution in [0, 0.1) is 13.8 Å². The quantitative estimate of drug-likeness (QED) is 0.257. The normalized spacial score (nSPS) is 10.9. The van der Waals surface area contributed by atoms with Gasteiger partial charge in [0.25, 0.3) is 5.56 Å². The SMILES string of the molecule is C=CCn1c(SCC(=O)c2ccccc2OC)nc2sc(C)c(C)c2c1=O. The molecule has 5 nitrogen and oxygen atoms in total. The highest BCUT2D eigenvalue weighted by atomic mass is 32.2. The first kappa shape index (κ1) is 19.4. The van der Waals surface area contributed by atoms with Gasteiger partial charge in [0.05, 0.1) is 23.8 Å². The summed E-state index contributed by atoms with van der Waals surface area (Å²) in [7, 11) is 1.54. The van der Waals surface area contributed by atoms with Gasteiger partial charge in [-0.25, -0.2) is 4.98 Å². The smallest absolute Gasteiger partial charge is 0.263 e. The number of benzene rings is 1. The number of ketones is 1. The van der Waals surface area contributed by atoms with Gasteiger partial charge in [0, 0.05) is 11.4 Å². The summed E-state index contributed by atoms with van der Waals surface area (Å²) in [5.41, 5.74) is 1.40. The molecule has 27 heavy (non-hydrogen) atoms. The van der Waals surface area contributed by atoms with Crippen LogP contribution in [0.3, 0.4) is 0 Å². The topological polar surface area (TPSA) is 61.2 Å². The van der Waals surface area contributed by atoms with Gasteiger partial charge in [0.15, 0.2) is 10.9 Å². The molecule has 0 bridgehead atoms. The first-order valence-electron chi connectivity index (χ1n) is 8.38. The predicted molar refractivity (Wildman–Crippen MR) is 112 cm³/mol. The summed E-state index contributed by atoms with van der Waals surface area (Å²) in [6.45, 7) is 8.00. The summed E-state index contributed by atoms with van der Waals surface area (Å²) in [5, 5.41) is 1.18. The second-order valence-electron chi connectivity index (χ2n) is 5.97. The molecule has 0 N–H and O–H groups in total. The third kappa shape index (κ3) is 3.70. The van der Waals surface area contributed by atoms with E-state index in [0.717, 1.165) is 10.4 Å². The molecule has 0 spiro atoms. The average Bonchev–Trinajstić information content (AvgIpc) is 2.96. The van der Waals surface area contributed by atoms with E-state index < -0.39 is 0 Å². The number of carbonyl (C=O) groups is 1. The molecular formula is C20H20N2O3S2. The number of hydrogen-bond acceptors (Lipinski definition) is 6. The van der Waals surface area contributed by atoms with Crippen molar-refractivity contribution in [3.8, 4) is 5.75 Å². The summed E-state index contributed by atoms with van der Waals surface area (Å²) in [6.07, 6.45) is 1.66. The molecule has 0 radical (unpaired) electrons. The number of allylic oxidation sites excluding steroid dienone is 1. The number of Topliss-reactive ketones (excluding diaryl/α,β-unsaturated/α-hetero) is 1. The summed E-state index contributed by atoms with van der Waals surface area (Å²) >= 11 is 2.76. The Morgan fingerprint density at radius 2 is 2.11 bits per heavy atom. The molecule has 0 amide bonds. The number of rotatable bonds is 7. The van der Waals surface area contributed by atoms with Crippen LogP contribution in [-0.4, -0.2) is 28.2 Å². The Labute approximate surface area is 165 Å². The maximum absolute atomic E-state index is 13.0. The fourth-order valence-electron chi connectivity index (χ4n) is 2.79. The van der Waals surface area contributed by atoms with Crippen LogP contribution in [0.2, 0.25) is 0 Å². The van der Waals surface area contributed by atoms with Crippen molar-refractivity contribution in [2.45, 2.75) is 25.5 Å². The van der Waals surface area contributed by atoms with Crippen LogP contribution in [0.5, 0.6) is 5.75 Å². The minimum atomic E-state index is -0.0889. The lowest BCUT2D eigenvalue weighted by Gasteiger charge is -2.11. The summed E-state index contributed by atoms with van der Waals surface area (Å²) in [4.78, 5) is 32.0. The molecule has 0 unspecified atom stereocenters. The number of ether oxygens (including phenoxy) is 1. The van der Waals surface area contributed by atoms with E-state index in [1.807, 2.05) is 19.9 Å². The fourth-order valence-corrected chi connectivity index (χ4v) is 4.75. The maximum Gasteiger partial charge on any atom is 0.263 e. The summed E-state index contributed by atoms with van der Waals surface area (Å²) in [5.74, 6) is 0.633. The van der Waals surface area contributed by atoms with Crippen molar-refractivity contribution in [1.82, 2.24) is 9.55 Å². The molecule has 0 aliphatic heterocycles. The molecule has 3 rings (SSSR count). The number of para-hydroxylation sites is 1. The second-order valence-corrected chi connectivity index (χ2v) is 8.12. The number of methoxy groups -OCH3 is 1. The third-order valence-electron chi connectivity index (χ3n) is 4.31. The van der Waals surface area contributed by atoms with E-state index in [-0.39, 0.29) is 17.1 Å². The zero-order chi connectivity index (χ0) is 19.6. The van der Waals surface area contributed by atoms with Gasteiger partial charge in [-0.15, -0.1) is 17.9 Å². The van der Waals surface area contributed by atoms with Crippen LogP contribution >= 0.6 is 23.1 Å². The van der Waals surface area contributed by atoms with Crippen LogP contribution in [0.15, 0.2) is 46.9 Å². The maximum atomic E-state index is 13.0. The van der Waals surface area contributed by atoms with E-state index in [4.69, 9.17) is 4.74 Å². The number of carbonyl (C=O) groups excluding carboxylic acids is 1. The Morgan fingerprint density at radius 1 is 1.37 bits per heavy atom. The molecule has 1 aromatic carbocycles. The van der Waals surface area contributed by atoms with Crippen LogP contribution in [0.4, 0.5) is 0 Å². The number of thiophene rings is 1. The minimum Gasteiger partial charge on any atom is -0.496 e. The molecule has 0 saturated carbocycles. The van der Waals surface area contributed by atoms with Crippen LogP contribution in [0.25, 0.3) is 10.2 Å². The lowest BCUT2D eigenvalue weighted by molar-refractivity contribution is 0.101. The van der Waals surface area contributed by atoms with Crippen molar-refractivity contribution in [1.29, 1.82) is 0 Å². The molecule has 0 atom stereocenters. The summed E-state index contributed by atoms with van der Waals surface area (Å²) in [6, 6.07) is 7.12. The molecule has 0 fully saturated rings. The number of hydrogen-bond donors (Lipinski definition) is 0. The van der Waals surface area contributed by atoms with E-state index >= 15 is 0 Å². The van der Waals surface area contributed by atoms with Crippen molar-refractivity contribution >= 4 is 39.1 Å². The zero-order valence-electron chi connectivity index (χ0n) is 15.4. The Morgan fingerprint density at radius 3 is 2.81 bits per heavy atom. The predicted octanol–water partition coefficient (Wildman–Crippen LogP) is 4.24. The highest BCUT2D eigenvalue weighted by molar-refractivity contribution is 7.99. The van der Waals surface area contributed by atoms with Gasteiger partial charge >= 0.3 is 0 Å². The largest absolute Gasteiger partial charge is 0.496 e. The van der Waals surface area contributed by atoms with Crippen LogP contribution in [-0.2, 0) is 6.54 Å². The molecule has 0 aliphatic rings. The van der Waals surface area contributed by atoms with Gasteiger partial charge in [-0.3, -0.25) is 14.2 Å². The van der Waals surface area contributed by atoms with Crippen LogP contribution < -0.4 is 10.3 Å². The Balaban J connectivity index is 1.96. The molecule has 140 valence electrons. The molecule has 0 aliphatic carbocycles. The monoisotopic (exact) mass is 400 g/mol. The highest BCUT2D eigenvalue weighted by Crippen LogP contribution is 2.29. The van der Waals surface area contributed by atoms with Gasteiger partial charge in [0.1, 0.15) is 10.6 Å². The zero-order valence-corrected chi connectivity index (χ0v) is 17.1. The van der Waals surface area contributed by atoms with E-state index in [1.54, 1.807) is 28.8 Å². The van der Waals surface area contributed by atoms with Crippen LogP contribution in [0.1, 0.15) is 20.8 Å². The number of aromatic nitrogens is 2. The molecule has 2 aromatic heterocycles. The van der Waals surface area contributed by atoms with Gasteiger partial charge < -0.3 is 4.74 Å². The standard InChI is InChI=1S/C20H20N2O3S2/c1-5-10-22-19(24)17-12(2)13(3)27-18(17)21-20(22)26-11-15(23)14-8-6-7-9-16(14)25-4/h5-9H,1,10-11H2,2-4H3. The number of fused-ring (bicyclic) bond motifs is 1. The molecule has 2 heterocycles. The Hall–Kier alpha value is -2.38. The van der Waals surface area contributed by atoms with E-state index in [0.29, 0.717) is 33.2 Å². The number of nitrogens with zero attached hydrogens (tertiary/aromatic N) is 2. The first-order chi connectivity index (χ1) is 13.0. The van der Waals surface area contributed by atoms with E-state index in [2.05, 4.69) is 11.6 Å². The van der Waals surface area contributed by atoms with Crippen molar-refractivity contribution in [2.75, 3.05) is 12.9 Å². The average molecular weight is 401 g/mol. The number of thioether (sulfide) groups is 1. The lowest BCUT2D eigenvalue weighted by atomic mass is 10.1. The molecular weight excluding hydrogens is 380 g/mol. The van der Waals surface area contributed by atoms with Crippen molar-refractivity contribution in [3.05, 3.63) is 63.3 Å². The van der Waals surface area contributed by atoms with Crippen molar-refractivity contribution < 1.29 is 9.53 Å². The van der Waals surface area contributed by atoms with Crippen molar-refractivity contribution in [2.24, 2.45) is 0 Å². The van der Waals surface area contributed by atoms with Gasteiger partial charge in [0.2, 0.25) is 0 Å². The molecule has 3 aromatic rings.